The van der Waals surface area contributed by atoms with Crippen LogP contribution in [0.4, 0.5) is 0 Å². The summed E-state index contributed by atoms with van der Waals surface area (Å²) in [5, 5.41) is 3.32. The van der Waals surface area contributed by atoms with E-state index in [0.717, 1.165) is 51.5 Å². The molecule has 98 valence electrons. The quantitative estimate of drug-likeness (QED) is 0.764. The lowest BCUT2D eigenvalue weighted by atomic mass is 9.93. The van der Waals surface area contributed by atoms with Crippen LogP contribution in [0, 0.1) is 5.92 Å². The minimum Gasteiger partial charge on any atom is -0.339 e. The number of piperidine rings is 1. The molecule has 1 N–H and O–H groups in total. The van der Waals surface area contributed by atoms with Crippen molar-refractivity contribution >= 4 is 5.91 Å². The third-order valence-corrected chi connectivity index (χ3v) is 4.03. The summed E-state index contributed by atoms with van der Waals surface area (Å²) in [6, 6.07) is 0.425. The van der Waals surface area contributed by atoms with Gasteiger partial charge in [0.25, 0.3) is 0 Å². The Morgan fingerprint density at radius 1 is 1.24 bits per heavy atom. The molecule has 0 aromatic carbocycles. The Balaban J connectivity index is 1.82. The van der Waals surface area contributed by atoms with Gasteiger partial charge in [-0.2, -0.15) is 0 Å². The minimum atomic E-state index is 0.325. The molecule has 2 saturated heterocycles. The Morgan fingerprint density at radius 2 is 1.94 bits per heavy atom. The molecule has 0 aliphatic carbocycles. The molecule has 0 aromatic heterocycles. The number of carbonyl (C=O) groups is 1. The molecule has 2 aliphatic rings. The van der Waals surface area contributed by atoms with E-state index < -0.39 is 0 Å². The van der Waals surface area contributed by atoms with E-state index in [-0.39, 0.29) is 0 Å². The van der Waals surface area contributed by atoms with Gasteiger partial charge >= 0.3 is 0 Å². The summed E-state index contributed by atoms with van der Waals surface area (Å²) in [4.78, 5) is 16.6. The molecule has 2 heterocycles. The first-order chi connectivity index (χ1) is 8.16. The van der Waals surface area contributed by atoms with Gasteiger partial charge in [-0.05, 0) is 25.7 Å². The van der Waals surface area contributed by atoms with Gasteiger partial charge < -0.3 is 10.2 Å². The number of likely N-dealkylation sites (tertiary alicyclic amines) is 1. The minimum absolute atomic E-state index is 0.325. The number of amides is 1. The SMILES string of the molecule is CC1CCN(C(=O)CN2CCNCC2)C(C)C1. The van der Waals surface area contributed by atoms with Crippen molar-refractivity contribution in [3.8, 4) is 0 Å². The molecule has 1 amide bonds. The van der Waals surface area contributed by atoms with Gasteiger partial charge in [-0.3, -0.25) is 9.69 Å². The molecule has 4 heteroatoms. The van der Waals surface area contributed by atoms with E-state index in [4.69, 9.17) is 0 Å². The molecule has 0 aromatic rings. The topological polar surface area (TPSA) is 35.6 Å². The van der Waals surface area contributed by atoms with E-state index in [9.17, 15) is 4.79 Å². The lowest BCUT2D eigenvalue weighted by Gasteiger charge is -2.38. The number of nitrogens with zero attached hydrogens (tertiary/aromatic N) is 2. The first kappa shape index (κ1) is 12.8. The Bertz CT molecular complexity index is 263. The molecular formula is C13H25N3O. The van der Waals surface area contributed by atoms with Crippen molar-refractivity contribution in [1.29, 1.82) is 0 Å². The first-order valence-corrected chi connectivity index (χ1v) is 6.89. The third kappa shape index (κ3) is 3.42. The maximum Gasteiger partial charge on any atom is 0.236 e. The Labute approximate surface area is 104 Å². The van der Waals surface area contributed by atoms with Gasteiger partial charge in [-0.1, -0.05) is 6.92 Å². The molecule has 17 heavy (non-hydrogen) atoms. The average Bonchev–Trinajstić information content (AvgIpc) is 2.30. The van der Waals surface area contributed by atoms with E-state index in [1.807, 2.05) is 0 Å². The van der Waals surface area contributed by atoms with Gasteiger partial charge in [0.15, 0.2) is 0 Å². The molecule has 4 nitrogen and oxygen atoms in total. The second-order valence-corrected chi connectivity index (χ2v) is 5.59. The van der Waals surface area contributed by atoms with Gasteiger partial charge in [0.05, 0.1) is 6.54 Å². The Hall–Kier alpha value is -0.610. The summed E-state index contributed by atoms with van der Waals surface area (Å²) in [6.45, 7) is 10.1. The summed E-state index contributed by atoms with van der Waals surface area (Å²) in [7, 11) is 0. The van der Waals surface area contributed by atoms with Crippen LogP contribution in [0.1, 0.15) is 26.7 Å². The van der Waals surface area contributed by atoms with E-state index in [0.29, 0.717) is 18.5 Å². The predicted octanol–water partition coefficient (Wildman–Crippen LogP) is 0.539. The molecule has 2 rings (SSSR count). The van der Waals surface area contributed by atoms with Crippen LogP contribution in [-0.4, -0.2) is 61.0 Å². The van der Waals surface area contributed by atoms with Crippen molar-refractivity contribution in [2.45, 2.75) is 32.7 Å². The largest absolute Gasteiger partial charge is 0.339 e. The molecule has 0 bridgehead atoms. The fraction of sp³-hybridized carbons (Fsp3) is 0.923. The van der Waals surface area contributed by atoms with E-state index in [1.54, 1.807) is 0 Å². The van der Waals surface area contributed by atoms with Crippen molar-refractivity contribution in [3.05, 3.63) is 0 Å². The van der Waals surface area contributed by atoms with Crippen LogP contribution in [0.5, 0.6) is 0 Å². The molecule has 0 spiro atoms. The van der Waals surface area contributed by atoms with Crippen LogP contribution in [-0.2, 0) is 4.79 Å². The smallest absolute Gasteiger partial charge is 0.236 e. The fourth-order valence-electron chi connectivity index (χ4n) is 2.93. The van der Waals surface area contributed by atoms with Crippen molar-refractivity contribution in [3.63, 3.8) is 0 Å². The Kier molecular flexibility index (Phi) is 4.40. The molecule has 0 saturated carbocycles. The number of nitrogens with one attached hydrogen (secondary N) is 1. The maximum absolute atomic E-state index is 12.2. The number of piperazine rings is 1. The molecule has 2 atom stereocenters. The summed E-state index contributed by atoms with van der Waals surface area (Å²) in [5.41, 5.74) is 0. The summed E-state index contributed by atoms with van der Waals surface area (Å²) in [5.74, 6) is 1.10. The highest BCUT2D eigenvalue weighted by Crippen LogP contribution is 2.22. The van der Waals surface area contributed by atoms with Crippen LogP contribution in [0.2, 0.25) is 0 Å². The average molecular weight is 239 g/mol. The van der Waals surface area contributed by atoms with Gasteiger partial charge in [0.2, 0.25) is 5.91 Å². The molecule has 2 fully saturated rings. The second-order valence-electron chi connectivity index (χ2n) is 5.59. The summed E-state index contributed by atoms with van der Waals surface area (Å²) < 4.78 is 0. The monoisotopic (exact) mass is 239 g/mol. The zero-order valence-corrected chi connectivity index (χ0v) is 11.1. The zero-order valence-electron chi connectivity index (χ0n) is 11.1. The maximum atomic E-state index is 12.2. The zero-order chi connectivity index (χ0) is 12.3. The molecule has 2 aliphatic heterocycles. The molecule has 2 unspecified atom stereocenters. The van der Waals surface area contributed by atoms with Crippen LogP contribution in [0.25, 0.3) is 0 Å². The van der Waals surface area contributed by atoms with E-state index in [2.05, 4.69) is 29.0 Å². The number of hydrogen-bond donors (Lipinski definition) is 1. The van der Waals surface area contributed by atoms with Crippen LogP contribution >= 0.6 is 0 Å². The lowest BCUT2D eigenvalue weighted by Crippen LogP contribution is -2.51. The van der Waals surface area contributed by atoms with Crippen molar-refractivity contribution < 1.29 is 4.79 Å². The van der Waals surface area contributed by atoms with Crippen LogP contribution < -0.4 is 5.32 Å². The summed E-state index contributed by atoms with van der Waals surface area (Å²) in [6.07, 6.45) is 2.32. The van der Waals surface area contributed by atoms with E-state index in [1.165, 1.54) is 0 Å². The third-order valence-electron chi connectivity index (χ3n) is 4.03. The van der Waals surface area contributed by atoms with Crippen molar-refractivity contribution in [2.75, 3.05) is 39.3 Å². The second kappa shape index (κ2) is 5.83. The van der Waals surface area contributed by atoms with Gasteiger partial charge in [0.1, 0.15) is 0 Å². The molecule has 0 radical (unpaired) electrons. The van der Waals surface area contributed by atoms with Gasteiger partial charge in [-0.25, -0.2) is 0 Å². The standard InChI is InChI=1S/C13H25N3O/c1-11-3-6-16(12(2)9-11)13(17)10-15-7-4-14-5-8-15/h11-12,14H,3-10H2,1-2H3. The van der Waals surface area contributed by atoms with Crippen molar-refractivity contribution in [2.24, 2.45) is 5.92 Å². The Morgan fingerprint density at radius 3 is 2.59 bits per heavy atom. The lowest BCUT2D eigenvalue weighted by molar-refractivity contribution is -0.136. The van der Waals surface area contributed by atoms with Crippen LogP contribution in [0.15, 0.2) is 0 Å². The highest BCUT2D eigenvalue weighted by molar-refractivity contribution is 5.78. The highest BCUT2D eigenvalue weighted by atomic mass is 16.2. The highest BCUT2D eigenvalue weighted by Gasteiger charge is 2.27. The molecular weight excluding hydrogens is 214 g/mol. The predicted molar refractivity (Wildman–Crippen MR) is 68.9 cm³/mol. The van der Waals surface area contributed by atoms with Gasteiger partial charge in [-0.15, -0.1) is 0 Å². The van der Waals surface area contributed by atoms with E-state index >= 15 is 0 Å². The number of carbonyl (C=O) groups excluding carboxylic acids is 1. The van der Waals surface area contributed by atoms with Gasteiger partial charge in [0, 0.05) is 38.8 Å². The van der Waals surface area contributed by atoms with Crippen molar-refractivity contribution in [1.82, 2.24) is 15.1 Å². The normalized spacial score (nSPS) is 31.5. The first-order valence-electron chi connectivity index (χ1n) is 6.89. The fourth-order valence-corrected chi connectivity index (χ4v) is 2.93. The summed E-state index contributed by atoms with van der Waals surface area (Å²) >= 11 is 0. The number of hydrogen-bond acceptors (Lipinski definition) is 3. The number of rotatable bonds is 2. The van der Waals surface area contributed by atoms with Crippen LogP contribution in [0.3, 0.4) is 0 Å².